The Bertz CT molecular complexity index is 1040. The third kappa shape index (κ3) is 3.77. The number of nitrogens with one attached hydrogen (secondary N) is 2. The van der Waals surface area contributed by atoms with Crippen molar-refractivity contribution >= 4 is 23.1 Å². The second-order valence-corrected chi connectivity index (χ2v) is 8.58. The Morgan fingerprint density at radius 1 is 1.13 bits per heavy atom. The van der Waals surface area contributed by atoms with Gasteiger partial charge >= 0.3 is 0 Å². The summed E-state index contributed by atoms with van der Waals surface area (Å²) in [7, 11) is 0. The lowest BCUT2D eigenvalue weighted by molar-refractivity contribution is 0.0903. The van der Waals surface area contributed by atoms with Crippen molar-refractivity contribution in [3.63, 3.8) is 0 Å². The summed E-state index contributed by atoms with van der Waals surface area (Å²) in [5, 5.41) is 12.1. The van der Waals surface area contributed by atoms with E-state index in [4.69, 9.17) is 21.3 Å². The molecule has 2 aliphatic heterocycles. The first-order valence-electron chi connectivity index (χ1n) is 10.8. The third-order valence-corrected chi connectivity index (χ3v) is 6.57. The Labute approximate surface area is 181 Å². The molecule has 5 heterocycles. The number of hydrogen-bond donors (Lipinski definition) is 2. The highest BCUT2D eigenvalue weighted by Gasteiger charge is 2.21. The molecule has 0 saturated carbocycles. The Balaban J connectivity index is 1.48. The molecule has 0 spiro atoms. The minimum atomic E-state index is 0.325. The quantitative estimate of drug-likeness (QED) is 0.660. The smallest absolute Gasteiger partial charge is 0.223 e. The second-order valence-electron chi connectivity index (χ2n) is 8.17. The molecule has 3 aromatic rings. The number of piperidine rings is 1. The molecule has 5 rings (SSSR count). The first kappa shape index (κ1) is 19.7. The molecule has 2 saturated heterocycles. The monoisotopic (exact) mass is 426 g/mol. The van der Waals surface area contributed by atoms with Crippen molar-refractivity contribution in [2.75, 3.05) is 31.6 Å². The van der Waals surface area contributed by atoms with Crippen LogP contribution in [0.5, 0.6) is 0 Å². The van der Waals surface area contributed by atoms with Crippen molar-refractivity contribution in [2.45, 2.75) is 44.6 Å². The number of rotatable bonds is 4. The molecule has 8 heteroatoms. The largest absolute Gasteiger partial charge is 0.381 e. The molecule has 30 heavy (non-hydrogen) atoms. The zero-order valence-electron chi connectivity index (χ0n) is 17.2. The van der Waals surface area contributed by atoms with E-state index in [9.17, 15) is 0 Å². The predicted molar refractivity (Wildman–Crippen MR) is 118 cm³/mol. The van der Waals surface area contributed by atoms with Crippen LogP contribution in [0, 0.1) is 6.92 Å². The van der Waals surface area contributed by atoms with Crippen molar-refractivity contribution in [1.82, 2.24) is 24.9 Å². The van der Waals surface area contributed by atoms with Crippen molar-refractivity contribution in [1.29, 1.82) is 0 Å². The van der Waals surface area contributed by atoms with Gasteiger partial charge in [-0.3, -0.25) is 0 Å². The molecule has 0 amide bonds. The molecule has 2 N–H and O–H groups in total. The maximum Gasteiger partial charge on any atom is 0.223 e. The van der Waals surface area contributed by atoms with Gasteiger partial charge in [-0.1, -0.05) is 17.7 Å². The van der Waals surface area contributed by atoms with Gasteiger partial charge in [-0.05, 0) is 63.2 Å². The molecule has 0 radical (unpaired) electrons. The number of aryl methyl sites for hydroxylation is 1. The Hall–Kier alpha value is -2.22. The highest BCUT2D eigenvalue weighted by Crippen LogP contribution is 2.33. The molecule has 3 aromatic heterocycles. The average Bonchev–Trinajstić information content (AvgIpc) is 3.21. The molecule has 158 valence electrons. The van der Waals surface area contributed by atoms with Gasteiger partial charge in [-0.15, -0.1) is 0 Å². The predicted octanol–water partition coefficient (Wildman–Crippen LogP) is 3.81. The maximum absolute atomic E-state index is 6.51. The average molecular weight is 427 g/mol. The summed E-state index contributed by atoms with van der Waals surface area (Å²) in [6.07, 6.45) is 7.78. The molecular weight excluding hydrogens is 400 g/mol. The standard InChI is InChI=1S/C22H27ClN6O/c1-14-17(15-4-8-24-9-5-15)2-3-20-18(12-26-29(14)20)21-19(23)13-25-22(28-21)27-16-6-10-30-11-7-16/h2-3,12-13,15-16,24H,4-11H2,1H3,(H,25,27,28). The van der Waals surface area contributed by atoms with E-state index in [1.165, 1.54) is 24.1 Å². The van der Waals surface area contributed by atoms with E-state index >= 15 is 0 Å². The van der Waals surface area contributed by atoms with Crippen LogP contribution in [-0.2, 0) is 4.74 Å². The number of hydrogen-bond acceptors (Lipinski definition) is 6. The number of nitrogens with zero attached hydrogens (tertiary/aromatic N) is 4. The van der Waals surface area contributed by atoms with Gasteiger partial charge in [-0.2, -0.15) is 5.10 Å². The second kappa shape index (κ2) is 8.49. The molecule has 0 aliphatic carbocycles. The van der Waals surface area contributed by atoms with E-state index in [-0.39, 0.29) is 0 Å². The van der Waals surface area contributed by atoms with Crippen LogP contribution < -0.4 is 10.6 Å². The first-order valence-corrected chi connectivity index (χ1v) is 11.1. The Morgan fingerprint density at radius 2 is 1.93 bits per heavy atom. The molecule has 2 fully saturated rings. The summed E-state index contributed by atoms with van der Waals surface area (Å²) < 4.78 is 7.46. The Morgan fingerprint density at radius 3 is 2.73 bits per heavy atom. The zero-order valence-corrected chi connectivity index (χ0v) is 18.0. The van der Waals surface area contributed by atoms with E-state index in [1.807, 2.05) is 10.7 Å². The fourth-order valence-electron chi connectivity index (χ4n) is 4.59. The van der Waals surface area contributed by atoms with Gasteiger partial charge in [0.2, 0.25) is 5.95 Å². The minimum absolute atomic E-state index is 0.325. The number of anilines is 1. The lowest BCUT2D eigenvalue weighted by atomic mass is 9.89. The summed E-state index contributed by atoms with van der Waals surface area (Å²) in [5.41, 5.74) is 5.23. The minimum Gasteiger partial charge on any atom is -0.381 e. The third-order valence-electron chi connectivity index (χ3n) is 6.30. The van der Waals surface area contributed by atoms with E-state index in [2.05, 4.69) is 39.8 Å². The summed E-state index contributed by atoms with van der Waals surface area (Å²) in [5.74, 6) is 1.19. The van der Waals surface area contributed by atoms with E-state index in [0.717, 1.165) is 50.2 Å². The summed E-state index contributed by atoms with van der Waals surface area (Å²) in [6.45, 7) is 5.84. The van der Waals surface area contributed by atoms with Crippen LogP contribution >= 0.6 is 11.6 Å². The molecule has 0 atom stereocenters. The normalized spacial score (nSPS) is 18.7. The first-order chi connectivity index (χ1) is 14.7. The highest BCUT2D eigenvalue weighted by molar-refractivity contribution is 6.33. The molecule has 0 aromatic carbocycles. The Kier molecular flexibility index (Phi) is 5.58. The topological polar surface area (TPSA) is 76.4 Å². The fourth-order valence-corrected chi connectivity index (χ4v) is 4.79. The zero-order chi connectivity index (χ0) is 20.5. The van der Waals surface area contributed by atoms with Gasteiger partial charge < -0.3 is 15.4 Å². The van der Waals surface area contributed by atoms with Gasteiger partial charge in [0.05, 0.1) is 28.6 Å². The number of pyridine rings is 1. The fraction of sp³-hybridized carbons (Fsp3) is 0.500. The van der Waals surface area contributed by atoms with Crippen LogP contribution in [0.1, 0.15) is 42.9 Å². The van der Waals surface area contributed by atoms with Crippen molar-refractivity contribution in [3.8, 4) is 11.3 Å². The van der Waals surface area contributed by atoms with E-state index < -0.39 is 0 Å². The molecule has 7 nitrogen and oxygen atoms in total. The lowest BCUT2D eigenvalue weighted by Crippen LogP contribution is -2.28. The van der Waals surface area contributed by atoms with Gasteiger partial charge in [0.1, 0.15) is 0 Å². The molecule has 2 aliphatic rings. The van der Waals surface area contributed by atoms with Crippen LogP contribution in [0.25, 0.3) is 16.8 Å². The summed E-state index contributed by atoms with van der Waals surface area (Å²) in [6, 6.07) is 4.73. The number of ether oxygens (including phenoxy) is 1. The molecule has 0 bridgehead atoms. The number of fused-ring (bicyclic) bond motifs is 1. The molecule has 0 unspecified atom stereocenters. The van der Waals surface area contributed by atoms with Gasteiger partial charge in [0, 0.05) is 30.5 Å². The van der Waals surface area contributed by atoms with E-state index in [1.54, 1.807) is 6.20 Å². The van der Waals surface area contributed by atoms with Crippen LogP contribution in [-0.4, -0.2) is 51.9 Å². The number of halogens is 1. The highest BCUT2D eigenvalue weighted by atomic mass is 35.5. The SMILES string of the molecule is Cc1c(C2CCNCC2)ccc2c(-c3nc(NC4CCOCC4)ncc3Cl)cnn12. The summed E-state index contributed by atoms with van der Waals surface area (Å²) >= 11 is 6.51. The van der Waals surface area contributed by atoms with Gasteiger partial charge in [0.25, 0.3) is 0 Å². The van der Waals surface area contributed by atoms with Crippen molar-refractivity contribution < 1.29 is 4.74 Å². The van der Waals surface area contributed by atoms with Crippen LogP contribution in [0.3, 0.4) is 0 Å². The van der Waals surface area contributed by atoms with Gasteiger partial charge in [-0.25, -0.2) is 14.5 Å². The molecular formula is C22H27ClN6O. The lowest BCUT2D eigenvalue weighted by Gasteiger charge is -2.24. The van der Waals surface area contributed by atoms with Crippen molar-refractivity contribution in [3.05, 3.63) is 40.8 Å². The van der Waals surface area contributed by atoms with Crippen LogP contribution in [0.2, 0.25) is 5.02 Å². The summed E-state index contributed by atoms with van der Waals surface area (Å²) in [4.78, 5) is 9.13. The van der Waals surface area contributed by atoms with E-state index in [0.29, 0.717) is 28.6 Å². The number of aromatic nitrogens is 4. The van der Waals surface area contributed by atoms with Crippen LogP contribution in [0.15, 0.2) is 24.5 Å². The van der Waals surface area contributed by atoms with Crippen molar-refractivity contribution in [2.24, 2.45) is 0 Å². The maximum atomic E-state index is 6.51. The van der Waals surface area contributed by atoms with Gasteiger partial charge in [0.15, 0.2) is 0 Å². The van der Waals surface area contributed by atoms with Crippen LogP contribution in [0.4, 0.5) is 5.95 Å².